The molecule has 0 N–H and O–H groups in total. The van der Waals surface area contributed by atoms with Crippen LogP contribution in [0, 0.1) is 6.92 Å². The lowest BCUT2D eigenvalue weighted by atomic mass is 10.0. The average Bonchev–Trinajstić information content (AvgIpc) is 2.27. The van der Waals surface area contributed by atoms with Crippen LogP contribution in [0.1, 0.15) is 37.3 Å². The maximum atomic E-state index is 11.5. The number of hydrogen-bond donors (Lipinski definition) is 0. The fourth-order valence-corrected chi connectivity index (χ4v) is 1.78. The molecule has 0 unspecified atom stereocenters. The fraction of sp³-hybridized carbons (Fsp3) is 0.500. The van der Waals surface area contributed by atoms with Crippen LogP contribution in [0.2, 0.25) is 0 Å². The minimum absolute atomic E-state index is 0.339. The lowest BCUT2D eigenvalue weighted by Crippen LogP contribution is -2.01. The van der Waals surface area contributed by atoms with E-state index in [-0.39, 0.29) is 0 Å². The van der Waals surface area contributed by atoms with Crippen molar-refractivity contribution in [1.82, 2.24) is 0 Å². The van der Waals surface area contributed by atoms with Crippen LogP contribution < -0.4 is 4.74 Å². The molecular formula is C14H20O2. The van der Waals surface area contributed by atoms with Crippen LogP contribution in [-0.2, 0) is 11.2 Å². The van der Waals surface area contributed by atoms with Gasteiger partial charge in [-0.05, 0) is 31.4 Å². The molecule has 16 heavy (non-hydrogen) atoms. The van der Waals surface area contributed by atoms with E-state index in [4.69, 9.17) is 4.74 Å². The summed E-state index contributed by atoms with van der Waals surface area (Å²) in [6.07, 6.45) is 3.02. The summed E-state index contributed by atoms with van der Waals surface area (Å²) in [6.45, 7) is 4.09. The number of aryl methyl sites for hydroxylation is 2. The van der Waals surface area contributed by atoms with Crippen molar-refractivity contribution in [3.05, 3.63) is 29.3 Å². The lowest BCUT2D eigenvalue weighted by Gasteiger charge is -2.08. The van der Waals surface area contributed by atoms with Crippen LogP contribution in [0.3, 0.4) is 0 Å². The van der Waals surface area contributed by atoms with Gasteiger partial charge in [-0.15, -0.1) is 0 Å². The van der Waals surface area contributed by atoms with Gasteiger partial charge in [0.1, 0.15) is 11.5 Å². The predicted octanol–water partition coefficient (Wildman–Crippen LogP) is 3.31. The van der Waals surface area contributed by atoms with Crippen LogP contribution in [-0.4, -0.2) is 12.9 Å². The number of carbonyl (C=O) groups excluding carboxylic acids is 1. The monoisotopic (exact) mass is 220 g/mol. The van der Waals surface area contributed by atoms with Crippen molar-refractivity contribution in [3.63, 3.8) is 0 Å². The molecule has 0 aliphatic rings. The molecule has 2 heteroatoms. The number of methoxy groups -OCH3 is 1. The highest BCUT2D eigenvalue weighted by Crippen LogP contribution is 2.21. The van der Waals surface area contributed by atoms with Gasteiger partial charge < -0.3 is 4.74 Å². The average molecular weight is 220 g/mol. The van der Waals surface area contributed by atoms with E-state index in [9.17, 15) is 4.79 Å². The summed E-state index contributed by atoms with van der Waals surface area (Å²) < 4.78 is 5.28. The topological polar surface area (TPSA) is 26.3 Å². The normalized spacial score (nSPS) is 10.2. The molecule has 2 nitrogen and oxygen atoms in total. The van der Waals surface area contributed by atoms with Gasteiger partial charge in [-0.3, -0.25) is 4.79 Å². The second kappa shape index (κ2) is 6.31. The zero-order chi connectivity index (χ0) is 12.0. The van der Waals surface area contributed by atoms with Crippen molar-refractivity contribution in [1.29, 1.82) is 0 Å². The van der Waals surface area contributed by atoms with Gasteiger partial charge in [0, 0.05) is 12.8 Å². The Labute approximate surface area is 97.6 Å². The maximum absolute atomic E-state index is 11.5. The van der Waals surface area contributed by atoms with Gasteiger partial charge in [-0.25, -0.2) is 0 Å². The lowest BCUT2D eigenvalue weighted by molar-refractivity contribution is -0.119. The van der Waals surface area contributed by atoms with Gasteiger partial charge in [-0.1, -0.05) is 24.6 Å². The van der Waals surface area contributed by atoms with E-state index in [1.165, 1.54) is 5.56 Å². The van der Waals surface area contributed by atoms with Gasteiger partial charge in [0.05, 0.1) is 7.11 Å². The van der Waals surface area contributed by atoms with Crippen molar-refractivity contribution < 1.29 is 9.53 Å². The van der Waals surface area contributed by atoms with Crippen LogP contribution in [0.15, 0.2) is 18.2 Å². The molecule has 0 aliphatic carbocycles. The van der Waals surface area contributed by atoms with E-state index in [0.717, 1.165) is 24.2 Å². The summed E-state index contributed by atoms with van der Waals surface area (Å²) in [6, 6.07) is 6.09. The molecule has 0 saturated heterocycles. The molecule has 0 amide bonds. The third-order valence-corrected chi connectivity index (χ3v) is 2.64. The van der Waals surface area contributed by atoms with Crippen molar-refractivity contribution in [3.8, 4) is 5.75 Å². The second-order valence-corrected chi connectivity index (χ2v) is 4.10. The van der Waals surface area contributed by atoms with Crippen molar-refractivity contribution in [2.45, 2.75) is 39.5 Å². The molecule has 0 saturated carbocycles. The summed E-state index contributed by atoms with van der Waals surface area (Å²) in [5.41, 5.74) is 2.34. The number of ketones is 1. The number of benzene rings is 1. The quantitative estimate of drug-likeness (QED) is 0.735. The van der Waals surface area contributed by atoms with E-state index in [0.29, 0.717) is 18.6 Å². The minimum Gasteiger partial charge on any atom is -0.496 e. The SMILES string of the molecule is CCCC(=O)CCc1cc(C)ccc1OC. The Morgan fingerprint density at radius 2 is 2.06 bits per heavy atom. The van der Waals surface area contributed by atoms with Crippen LogP contribution in [0.5, 0.6) is 5.75 Å². The molecule has 0 aromatic heterocycles. The largest absolute Gasteiger partial charge is 0.496 e. The first-order valence-electron chi connectivity index (χ1n) is 5.82. The zero-order valence-corrected chi connectivity index (χ0v) is 10.4. The molecule has 0 aliphatic heterocycles. The van der Waals surface area contributed by atoms with Crippen molar-refractivity contribution in [2.24, 2.45) is 0 Å². The zero-order valence-electron chi connectivity index (χ0n) is 10.4. The molecule has 1 aromatic rings. The number of rotatable bonds is 6. The van der Waals surface area contributed by atoms with Gasteiger partial charge in [0.25, 0.3) is 0 Å². The Kier molecular flexibility index (Phi) is 5.03. The summed E-state index contributed by atoms with van der Waals surface area (Å²) in [5, 5.41) is 0. The molecule has 1 rings (SSSR count). The van der Waals surface area contributed by atoms with E-state index < -0.39 is 0 Å². The summed E-state index contributed by atoms with van der Waals surface area (Å²) in [5.74, 6) is 1.22. The highest BCUT2D eigenvalue weighted by molar-refractivity contribution is 5.78. The maximum Gasteiger partial charge on any atom is 0.133 e. The first kappa shape index (κ1) is 12.8. The molecule has 0 heterocycles. The third-order valence-electron chi connectivity index (χ3n) is 2.64. The highest BCUT2D eigenvalue weighted by Gasteiger charge is 2.06. The Balaban J connectivity index is 2.65. The first-order valence-corrected chi connectivity index (χ1v) is 5.82. The van der Waals surface area contributed by atoms with Crippen LogP contribution in [0.4, 0.5) is 0 Å². The van der Waals surface area contributed by atoms with Crippen molar-refractivity contribution >= 4 is 5.78 Å². The van der Waals surface area contributed by atoms with Crippen LogP contribution >= 0.6 is 0 Å². The molecule has 0 radical (unpaired) electrons. The fourth-order valence-electron chi connectivity index (χ4n) is 1.78. The summed E-state index contributed by atoms with van der Waals surface area (Å²) in [4.78, 5) is 11.5. The Morgan fingerprint density at radius 1 is 1.31 bits per heavy atom. The minimum atomic E-state index is 0.339. The molecular weight excluding hydrogens is 200 g/mol. The van der Waals surface area contributed by atoms with E-state index >= 15 is 0 Å². The second-order valence-electron chi connectivity index (χ2n) is 4.10. The molecule has 0 atom stereocenters. The highest BCUT2D eigenvalue weighted by atomic mass is 16.5. The van der Waals surface area contributed by atoms with Gasteiger partial charge >= 0.3 is 0 Å². The number of Topliss-reactive ketones (excluding diaryl/α,β-unsaturated/α-hetero) is 1. The molecule has 1 aromatic carbocycles. The smallest absolute Gasteiger partial charge is 0.133 e. The first-order chi connectivity index (χ1) is 7.67. The van der Waals surface area contributed by atoms with Gasteiger partial charge in [0.15, 0.2) is 0 Å². The predicted molar refractivity (Wildman–Crippen MR) is 66.0 cm³/mol. The number of ether oxygens (including phenoxy) is 1. The summed E-state index contributed by atoms with van der Waals surface area (Å²) >= 11 is 0. The Hall–Kier alpha value is -1.31. The molecule has 0 bridgehead atoms. The van der Waals surface area contributed by atoms with E-state index in [1.807, 2.05) is 19.1 Å². The van der Waals surface area contributed by atoms with E-state index in [2.05, 4.69) is 13.0 Å². The van der Waals surface area contributed by atoms with E-state index in [1.54, 1.807) is 7.11 Å². The molecule has 0 spiro atoms. The van der Waals surface area contributed by atoms with Crippen molar-refractivity contribution in [2.75, 3.05) is 7.11 Å². The number of carbonyl (C=O) groups is 1. The number of hydrogen-bond acceptors (Lipinski definition) is 2. The molecule has 0 fully saturated rings. The standard InChI is InChI=1S/C14H20O2/c1-4-5-13(15)8-7-12-10-11(2)6-9-14(12)16-3/h6,9-10H,4-5,7-8H2,1-3H3. The summed E-state index contributed by atoms with van der Waals surface area (Å²) in [7, 11) is 1.67. The molecule has 88 valence electrons. The van der Waals surface area contributed by atoms with Crippen LogP contribution in [0.25, 0.3) is 0 Å². The van der Waals surface area contributed by atoms with Gasteiger partial charge in [0.2, 0.25) is 0 Å². The Bertz CT molecular complexity index is 356. The Morgan fingerprint density at radius 3 is 2.69 bits per heavy atom. The van der Waals surface area contributed by atoms with Gasteiger partial charge in [-0.2, -0.15) is 0 Å². The third kappa shape index (κ3) is 3.69.